The lowest BCUT2D eigenvalue weighted by Crippen LogP contribution is -2.15. The Morgan fingerprint density at radius 1 is 1.21 bits per heavy atom. The summed E-state index contributed by atoms with van der Waals surface area (Å²) in [6, 6.07) is 6.61. The predicted molar refractivity (Wildman–Crippen MR) is 134 cm³/mol. The van der Waals surface area contributed by atoms with Crippen LogP contribution in [-0.4, -0.2) is 6.61 Å². The Bertz CT molecular complexity index is 580. The maximum atomic E-state index is 5.55. The van der Waals surface area contributed by atoms with Gasteiger partial charge in [-0.15, -0.1) is 0 Å². The highest BCUT2D eigenvalue weighted by atomic mass is 16.5. The topological polar surface area (TPSA) is 9.23 Å². The first-order valence-corrected chi connectivity index (χ1v) is 11.7. The second-order valence-corrected chi connectivity index (χ2v) is 6.93. The molecule has 166 valence electrons. The molecular formula is C28H48O. The molecule has 0 saturated carbocycles. The first-order chi connectivity index (χ1) is 14.1. The standard InChI is InChI=1S/C12H16O.C12H20.2C2H6/c1-3-10-5-4-6-11-9(2)7-13-8-12(10)11;1-5-8-9-12(7-3)10-11(4)6-2;2*1-2/h4-6,9H,3,7-8H2,1-2H3;5,7-9,11H,1,6,10H2,2-4H3;2*1-2H3/b;9-8-,12-7-;;. The molecular weight excluding hydrogens is 352 g/mol. The molecule has 1 aromatic carbocycles. The van der Waals surface area contributed by atoms with E-state index in [0.29, 0.717) is 5.92 Å². The molecule has 0 N–H and O–H groups in total. The summed E-state index contributed by atoms with van der Waals surface area (Å²) in [5.41, 5.74) is 5.78. The van der Waals surface area contributed by atoms with E-state index >= 15 is 0 Å². The Kier molecular flexibility index (Phi) is 20.1. The summed E-state index contributed by atoms with van der Waals surface area (Å²) in [6.07, 6.45) is 11.7. The van der Waals surface area contributed by atoms with Crippen molar-refractivity contribution in [2.45, 2.75) is 94.1 Å². The molecule has 0 amide bonds. The zero-order valence-electron chi connectivity index (χ0n) is 20.8. The van der Waals surface area contributed by atoms with E-state index in [2.05, 4.69) is 71.5 Å². The third-order valence-corrected chi connectivity index (χ3v) is 4.93. The number of hydrogen-bond donors (Lipinski definition) is 0. The molecule has 1 heteroatoms. The van der Waals surface area contributed by atoms with Crippen LogP contribution in [0.2, 0.25) is 0 Å². The molecule has 2 atom stereocenters. The van der Waals surface area contributed by atoms with Gasteiger partial charge in [-0.05, 0) is 42.4 Å². The van der Waals surface area contributed by atoms with Crippen LogP contribution in [0, 0.1) is 5.92 Å². The maximum Gasteiger partial charge on any atom is 0.0722 e. The van der Waals surface area contributed by atoms with Crippen molar-refractivity contribution in [1.82, 2.24) is 0 Å². The van der Waals surface area contributed by atoms with E-state index in [9.17, 15) is 0 Å². The molecule has 0 aliphatic carbocycles. The van der Waals surface area contributed by atoms with Gasteiger partial charge in [0.05, 0.1) is 13.2 Å². The lowest BCUT2D eigenvalue weighted by Gasteiger charge is -2.24. The number of hydrogen-bond acceptors (Lipinski definition) is 1. The maximum absolute atomic E-state index is 5.55. The lowest BCUT2D eigenvalue weighted by molar-refractivity contribution is 0.0944. The predicted octanol–water partition coefficient (Wildman–Crippen LogP) is 9.05. The van der Waals surface area contributed by atoms with Crippen molar-refractivity contribution in [1.29, 1.82) is 0 Å². The second kappa shape index (κ2) is 19.7. The fraction of sp³-hybridized carbons (Fsp3) is 0.571. The number of allylic oxidation sites excluding steroid dienone is 5. The number of rotatable bonds is 6. The van der Waals surface area contributed by atoms with Gasteiger partial charge in [0.15, 0.2) is 0 Å². The van der Waals surface area contributed by atoms with Crippen molar-refractivity contribution >= 4 is 0 Å². The number of benzene rings is 1. The monoisotopic (exact) mass is 400 g/mol. The molecule has 29 heavy (non-hydrogen) atoms. The van der Waals surface area contributed by atoms with Gasteiger partial charge < -0.3 is 4.74 Å². The molecule has 0 aromatic heterocycles. The van der Waals surface area contributed by atoms with E-state index in [-0.39, 0.29) is 0 Å². The minimum Gasteiger partial charge on any atom is -0.376 e. The molecule has 0 radical (unpaired) electrons. The van der Waals surface area contributed by atoms with Crippen LogP contribution in [0.3, 0.4) is 0 Å². The average molecular weight is 401 g/mol. The SMILES string of the molecule is C=C/C=C\C(=C\C)CC(C)CC.CC.CC.CCc1cccc2c1COCC2C. The van der Waals surface area contributed by atoms with Crippen molar-refractivity contribution in [2.75, 3.05) is 6.61 Å². The van der Waals surface area contributed by atoms with Crippen molar-refractivity contribution < 1.29 is 4.74 Å². The average Bonchev–Trinajstić information content (AvgIpc) is 2.79. The van der Waals surface area contributed by atoms with E-state index < -0.39 is 0 Å². The minimum absolute atomic E-state index is 0.565. The van der Waals surface area contributed by atoms with Crippen LogP contribution < -0.4 is 0 Å². The Morgan fingerprint density at radius 3 is 2.38 bits per heavy atom. The molecule has 0 spiro atoms. The van der Waals surface area contributed by atoms with Gasteiger partial charge in [-0.3, -0.25) is 0 Å². The van der Waals surface area contributed by atoms with Gasteiger partial charge >= 0.3 is 0 Å². The summed E-state index contributed by atoms with van der Waals surface area (Å²) in [5.74, 6) is 1.35. The summed E-state index contributed by atoms with van der Waals surface area (Å²) in [7, 11) is 0. The highest BCUT2D eigenvalue weighted by molar-refractivity contribution is 5.38. The zero-order valence-corrected chi connectivity index (χ0v) is 20.8. The molecule has 0 saturated heterocycles. The van der Waals surface area contributed by atoms with Gasteiger partial charge in [0, 0.05) is 5.92 Å². The van der Waals surface area contributed by atoms with Gasteiger partial charge in [-0.2, -0.15) is 0 Å². The van der Waals surface area contributed by atoms with E-state index in [4.69, 9.17) is 4.74 Å². The normalized spacial score (nSPS) is 16.2. The van der Waals surface area contributed by atoms with Crippen LogP contribution >= 0.6 is 0 Å². The van der Waals surface area contributed by atoms with Crippen molar-refractivity contribution in [3.8, 4) is 0 Å². The van der Waals surface area contributed by atoms with E-state index in [1.165, 1.54) is 35.1 Å². The third kappa shape index (κ3) is 11.9. The van der Waals surface area contributed by atoms with Crippen LogP contribution in [0.5, 0.6) is 0 Å². The molecule has 1 aromatic rings. The van der Waals surface area contributed by atoms with E-state index in [0.717, 1.165) is 25.6 Å². The number of fused-ring (bicyclic) bond motifs is 1. The molecule has 2 rings (SSSR count). The first kappa shape index (κ1) is 29.6. The van der Waals surface area contributed by atoms with Gasteiger partial charge in [0.25, 0.3) is 0 Å². The summed E-state index contributed by atoms with van der Waals surface area (Å²) in [6.45, 7) is 24.4. The Balaban J connectivity index is 0. The first-order valence-electron chi connectivity index (χ1n) is 11.7. The highest BCUT2D eigenvalue weighted by Gasteiger charge is 2.18. The van der Waals surface area contributed by atoms with Gasteiger partial charge in [-0.1, -0.05) is 116 Å². The molecule has 1 heterocycles. The van der Waals surface area contributed by atoms with Crippen molar-refractivity contribution in [3.63, 3.8) is 0 Å². The van der Waals surface area contributed by atoms with Crippen LogP contribution in [0.25, 0.3) is 0 Å². The summed E-state index contributed by atoms with van der Waals surface area (Å²) in [5, 5.41) is 0. The van der Waals surface area contributed by atoms with Crippen molar-refractivity contribution in [3.05, 3.63) is 71.3 Å². The van der Waals surface area contributed by atoms with Crippen LogP contribution in [0.1, 0.15) is 97.8 Å². The van der Waals surface area contributed by atoms with Gasteiger partial charge in [-0.25, -0.2) is 0 Å². The Hall–Kier alpha value is -1.60. The largest absolute Gasteiger partial charge is 0.376 e. The third-order valence-electron chi connectivity index (χ3n) is 4.93. The zero-order chi connectivity index (χ0) is 22.7. The van der Waals surface area contributed by atoms with Gasteiger partial charge in [0.1, 0.15) is 0 Å². The number of ether oxygens (including phenoxy) is 1. The highest BCUT2D eigenvalue weighted by Crippen LogP contribution is 2.28. The molecule has 1 nitrogen and oxygen atoms in total. The fourth-order valence-corrected chi connectivity index (χ4v) is 3.07. The Labute approximate surface area is 183 Å². The molecule has 1 aliphatic rings. The van der Waals surface area contributed by atoms with Crippen LogP contribution in [0.15, 0.2) is 54.7 Å². The number of aryl methyl sites for hydroxylation is 1. The molecule has 0 fully saturated rings. The van der Waals surface area contributed by atoms with Crippen LogP contribution in [-0.2, 0) is 17.8 Å². The Morgan fingerprint density at radius 2 is 1.86 bits per heavy atom. The summed E-state index contributed by atoms with van der Waals surface area (Å²) >= 11 is 0. The van der Waals surface area contributed by atoms with Crippen molar-refractivity contribution in [2.24, 2.45) is 5.92 Å². The molecule has 2 unspecified atom stereocenters. The van der Waals surface area contributed by atoms with Crippen LogP contribution in [0.4, 0.5) is 0 Å². The second-order valence-electron chi connectivity index (χ2n) is 6.93. The fourth-order valence-electron chi connectivity index (χ4n) is 3.07. The van der Waals surface area contributed by atoms with E-state index in [1.54, 1.807) is 0 Å². The smallest absolute Gasteiger partial charge is 0.0722 e. The lowest BCUT2D eigenvalue weighted by atomic mass is 9.90. The molecule has 1 aliphatic heterocycles. The summed E-state index contributed by atoms with van der Waals surface area (Å²) < 4.78 is 5.55. The van der Waals surface area contributed by atoms with Gasteiger partial charge in [0.2, 0.25) is 0 Å². The summed E-state index contributed by atoms with van der Waals surface area (Å²) in [4.78, 5) is 0. The minimum atomic E-state index is 0.565. The quantitative estimate of drug-likeness (QED) is 0.433. The molecule has 0 bridgehead atoms. The van der Waals surface area contributed by atoms with E-state index in [1.807, 2.05) is 39.8 Å².